The third-order valence-corrected chi connectivity index (χ3v) is 2.59. The van der Waals surface area contributed by atoms with Gasteiger partial charge in [0, 0.05) is 13.1 Å². The lowest BCUT2D eigenvalue weighted by Gasteiger charge is -2.19. The van der Waals surface area contributed by atoms with Crippen LogP contribution in [-0.4, -0.2) is 30.2 Å². The number of halogens is 1. The molecule has 1 atom stereocenters. The molecule has 5 heteroatoms. The monoisotopic (exact) mass is 224 g/mol. The van der Waals surface area contributed by atoms with Gasteiger partial charge in [0.05, 0.1) is 6.04 Å². The number of hydrogen-bond donors (Lipinski definition) is 1. The Morgan fingerprint density at radius 2 is 2.38 bits per heavy atom. The lowest BCUT2D eigenvalue weighted by Crippen LogP contribution is -2.38. The van der Waals surface area contributed by atoms with E-state index in [2.05, 4.69) is 0 Å². The highest BCUT2D eigenvalue weighted by molar-refractivity contribution is 5.70. The maximum absolute atomic E-state index is 13.0. The maximum atomic E-state index is 13.0. The largest absolute Gasteiger partial charge is 0.447 e. The number of nitrogens with two attached hydrogens (primary N) is 1. The summed E-state index contributed by atoms with van der Waals surface area (Å²) >= 11 is 0. The van der Waals surface area contributed by atoms with Crippen LogP contribution in [0.15, 0.2) is 24.3 Å². The van der Waals surface area contributed by atoms with E-state index in [-0.39, 0.29) is 18.0 Å². The van der Waals surface area contributed by atoms with Crippen LogP contribution >= 0.6 is 0 Å². The Kier molecular flexibility index (Phi) is 3.05. The van der Waals surface area contributed by atoms with E-state index >= 15 is 0 Å². The number of carbonyl (C=O) groups is 1. The molecule has 0 radical (unpaired) electrons. The lowest BCUT2D eigenvalue weighted by molar-refractivity contribution is 0.156. The highest BCUT2D eigenvalue weighted by atomic mass is 19.1. The number of carbonyl (C=O) groups excluding carboxylic acids is 1. The molecule has 16 heavy (non-hydrogen) atoms. The van der Waals surface area contributed by atoms with Crippen molar-refractivity contribution < 1.29 is 13.9 Å². The van der Waals surface area contributed by atoms with E-state index in [1.54, 1.807) is 12.1 Å². The molecular weight excluding hydrogens is 211 g/mol. The topological polar surface area (TPSA) is 55.6 Å². The number of benzene rings is 1. The zero-order valence-electron chi connectivity index (χ0n) is 8.73. The van der Waals surface area contributed by atoms with Crippen molar-refractivity contribution in [3.8, 4) is 0 Å². The smallest absolute Gasteiger partial charge is 0.410 e. The Hall–Kier alpha value is -1.62. The molecule has 1 aliphatic heterocycles. The summed E-state index contributed by atoms with van der Waals surface area (Å²) in [6, 6.07) is 6.03. The van der Waals surface area contributed by atoms with Crippen LogP contribution in [-0.2, 0) is 11.3 Å². The zero-order chi connectivity index (χ0) is 11.5. The van der Waals surface area contributed by atoms with Gasteiger partial charge in [-0.15, -0.1) is 0 Å². The van der Waals surface area contributed by atoms with Gasteiger partial charge in [-0.2, -0.15) is 0 Å². The summed E-state index contributed by atoms with van der Waals surface area (Å²) in [5, 5.41) is 0. The van der Waals surface area contributed by atoms with Gasteiger partial charge in [-0.1, -0.05) is 12.1 Å². The molecule has 4 nitrogen and oxygen atoms in total. The fourth-order valence-electron chi connectivity index (χ4n) is 1.71. The van der Waals surface area contributed by atoms with Gasteiger partial charge < -0.3 is 10.5 Å². The first-order chi connectivity index (χ1) is 7.70. The van der Waals surface area contributed by atoms with Gasteiger partial charge in [0.2, 0.25) is 0 Å². The Morgan fingerprint density at radius 1 is 1.56 bits per heavy atom. The van der Waals surface area contributed by atoms with Gasteiger partial charge in [-0.05, 0) is 17.7 Å². The highest BCUT2D eigenvalue weighted by Gasteiger charge is 2.31. The van der Waals surface area contributed by atoms with Crippen LogP contribution in [0.1, 0.15) is 5.56 Å². The molecule has 0 aromatic heterocycles. The van der Waals surface area contributed by atoms with E-state index < -0.39 is 0 Å². The molecule has 0 aliphatic carbocycles. The van der Waals surface area contributed by atoms with Crippen molar-refractivity contribution in [3.63, 3.8) is 0 Å². The van der Waals surface area contributed by atoms with Crippen molar-refractivity contribution in [3.05, 3.63) is 35.6 Å². The molecular formula is C11H13FN2O2. The lowest BCUT2D eigenvalue weighted by atomic mass is 10.2. The predicted molar refractivity (Wildman–Crippen MR) is 56.1 cm³/mol. The maximum Gasteiger partial charge on any atom is 0.410 e. The summed E-state index contributed by atoms with van der Waals surface area (Å²) in [4.78, 5) is 12.9. The number of hydrogen-bond acceptors (Lipinski definition) is 3. The van der Waals surface area contributed by atoms with Crippen LogP contribution in [0.3, 0.4) is 0 Å². The summed E-state index contributed by atoms with van der Waals surface area (Å²) in [7, 11) is 0. The Balaban J connectivity index is 2.11. The summed E-state index contributed by atoms with van der Waals surface area (Å²) in [6.45, 7) is 0.990. The fraction of sp³-hybridized carbons (Fsp3) is 0.364. The molecule has 0 spiro atoms. The fourth-order valence-corrected chi connectivity index (χ4v) is 1.71. The van der Waals surface area contributed by atoms with Crippen LogP contribution < -0.4 is 5.73 Å². The molecule has 1 aromatic carbocycles. The van der Waals surface area contributed by atoms with Crippen LogP contribution in [0.25, 0.3) is 0 Å². The SMILES string of the molecule is NCC1COC(=O)N1Cc1cccc(F)c1. The van der Waals surface area contributed by atoms with Gasteiger partial charge >= 0.3 is 6.09 Å². The molecule has 0 saturated carbocycles. The van der Waals surface area contributed by atoms with Crippen molar-refractivity contribution >= 4 is 6.09 Å². The standard InChI is InChI=1S/C11H13FN2O2/c12-9-3-1-2-8(4-9)6-14-10(5-13)7-16-11(14)15/h1-4,10H,5-7,13H2. The minimum Gasteiger partial charge on any atom is -0.447 e. The van der Waals surface area contributed by atoms with Crippen LogP contribution in [0.2, 0.25) is 0 Å². The number of ether oxygens (including phenoxy) is 1. The molecule has 1 aliphatic rings. The van der Waals surface area contributed by atoms with Gasteiger partial charge in [0.15, 0.2) is 0 Å². The first-order valence-electron chi connectivity index (χ1n) is 5.08. The van der Waals surface area contributed by atoms with E-state index in [1.807, 2.05) is 0 Å². The van der Waals surface area contributed by atoms with E-state index in [9.17, 15) is 9.18 Å². The molecule has 86 valence electrons. The molecule has 1 amide bonds. The first kappa shape index (κ1) is 10.9. The Labute approximate surface area is 92.8 Å². The van der Waals surface area contributed by atoms with E-state index in [0.717, 1.165) is 5.56 Å². The average Bonchev–Trinajstić information content (AvgIpc) is 2.60. The molecule has 2 N–H and O–H groups in total. The van der Waals surface area contributed by atoms with Crippen LogP contribution in [0.4, 0.5) is 9.18 Å². The number of cyclic esters (lactones) is 1. The number of nitrogens with zero attached hydrogens (tertiary/aromatic N) is 1. The van der Waals surface area contributed by atoms with Crippen LogP contribution in [0.5, 0.6) is 0 Å². The van der Waals surface area contributed by atoms with E-state index in [4.69, 9.17) is 10.5 Å². The third-order valence-electron chi connectivity index (χ3n) is 2.59. The van der Waals surface area contributed by atoms with Crippen molar-refractivity contribution in [2.24, 2.45) is 5.73 Å². The Bertz CT molecular complexity index is 397. The number of rotatable bonds is 3. The second kappa shape index (κ2) is 4.49. The molecule has 1 aromatic rings. The Morgan fingerprint density at radius 3 is 3.06 bits per heavy atom. The minimum absolute atomic E-state index is 0.115. The summed E-state index contributed by atoms with van der Waals surface area (Å²) in [5.74, 6) is -0.311. The van der Waals surface area contributed by atoms with Crippen molar-refractivity contribution in [1.82, 2.24) is 4.90 Å². The average molecular weight is 224 g/mol. The molecule has 2 rings (SSSR count). The zero-order valence-corrected chi connectivity index (χ0v) is 8.73. The summed E-state index contributed by atoms with van der Waals surface area (Å²) < 4.78 is 17.8. The normalized spacial score (nSPS) is 20.0. The van der Waals surface area contributed by atoms with Gasteiger partial charge in [0.1, 0.15) is 12.4 Å². The summed E-state index contributed by atoms with van der Waals surface area (Å²) in [6.07, 6.45) is -0.389. The minimum atomic E-state index is -0.389. The molecule has 1 unspecified atom stereocenters. The van der Waals surface area contributed by atoms with E-state index in [1.165, 1.54) is 17.0 Å². The second-order valence-electron chi connectivity index (χ2n) is 3.72. The van der Waals surface area contributed by atoms with Crippen molar-refractivity contribution in [1.29, 1.82) is 0 Å². The molecule has 1 fully saturated rings. The number of amides is 1. The van der Waals surface area contributed by atoms with E-state index in [0.29, 0.717) is 19.7 Å². The van der Waals surface area contributed by atoms with Crippen molar-refractivity contribution in [2.45, 2.75) is 12.6 Å². The quantitative estimate of drug-likeness (QED) is 0.836. The van der Waals surface area contributed by atoms with Crippen molar-refractivity contribution in [2.75, 3.05) is 13.2 Å². The van der Waals surface area contributed by atoms with Crippen LogP contribution in [0, 0.1) is 5.82 Å². The van der Waals surface area contributed by atoms with Gasteiger partial charge in [-0.25, -0.2) is 9.18 Å². The third kappa shape index (κ3) is 2.14. The van der Waals surface area contributed by atoms with Gasteiger partial charge in [-0.3, -0.25) is 4.90 Å². The second-order valence-corrected chi connectivity index (χ2v) is 3.72. The highest BCUT2D eigenvalue weighted by Crippen LogP contribution is 2.16. The first-order valence-corrected chi connectivity index (χ1v) is 5.08. The van der Waals surface area contributed by atoms with Gasteiger partial charge in [0.25, 0.3) is 0 Å². The predicted octanol–water partition coefficient (Wildman–Crippen LogP) is 1.11. The molecule has 1 heterocycles. The molecule has 0 bridgehead atoms. The molecule has 1 saturated heterocycles. The summed E-state index contributed by atoms with van der Waals surface area (Å²) in [5.41, 5.74) is 6.26.